The van der Waals surface area contributed by atoms with Crippen LogP contribution in [0.4, 0.5) is 0 Å². The normalized spacial score (nSPS) is 14.9. The number of nitrogens with zero attached hydrogens (tertiary/aromatic N) is 1. The minimum absolute atomic E-state index is 0.0410. The number of amides is 2. The maximum atomic E-state index is 12.6. The standard InChI is InChI=1S/C17H16N2O2/c18-16(20)10-15(12-6-2-1-3-7-12)19-11-13-8-4-5-9-14(13)17(19)21/h1-9,15H,10-11H2,(H2,18,20). The molecule has 1 heterocycles. The largest absolute Gasteiger partial charge is 0.370 e. The Kier molecular flexibility index (Phi) is 3.44. The molecule has 4 heteroatoms. The zero-order valence-electron chi connectivity index (χ0n) is 11.5. The summed E-state index contributed by atoms with van der Waals surface area (Å²) in [5, 5.41) is 0. The summed E-state index contributed by atoms with van der Waals surface area (Å²) in [5.74, 6) is -0.451. The first-order valence-electron chi connectivity index (χ1n) is 6.89. The van der Waals surface area contributed by atoms with Gasteiger partial charge in [-0.25, -0.2) is 0 Å². The van der Waals surface area contributed by atoms with Crippen molar-refractivity contribution >= 4 is 11.8 Å². The van der Waals surface area contributed by atoms with Gasteiger partial charge in [-0.2, -0.15) is 0 Å². The third kappa shape index (κ3) is 2.52. The van der Waals surface area contributed by atoms with Crippen molar-refractivity contribution in [2.75, 3.05) is 0 Å². The number of primary amides is 1. The Hall–Kier alpha value is -2.62. The predicted molar refractivity (Wildman–Crippen MR) is 79.3 cm³/mol. The molecule has 0 fully saturated rings. The average molecular weight is 280 g/mol. The van der Waals surface area contributed by atoms with Crippen LogP contribution < -0.4 is 5.73 Å². The number of rotatable bonds is 4. The minimum atomic E-state index is -0.410. The van der Waals surface area contributed by atoms with Gasteiger partial charge >= 0.3 is 0 Å². The van der Waals surface area contributed by atoms with Crippen molar-refractivity contribution in [3.8, 4) is 0 Å². The van der Waals surface area contributed by atoms with Crippen molar-refractivity contribution in [1.29, 1.82) is 0 Å². The van der Waals surface area contributed by atoms with Crippen molar-refractivity contribution in [3.05, 3.63) is 71.3 Å². The quantitative estimate of drug-likeness (QED) is 0.933. The van der Waals surface area contributed by atoms with Crippen LogP contribution in [0.3, 0.4) is 0 Å². The van der Waals surface area contributed by atoms with Crippen LogP contribution in [-0.2, 0) is 11.3 Å². The monoisotopic (exact) mass is 280 g/mol. The van der Waals surface area contributed by atoms with Gasteiger partial charge in [-0.15, -0.1) is 0 Å². The highest BCUT2D eigenvalue weighted by molar-refractivity contribution is 5.98. The maximum absolute atomic E-state index is 12.6. The molecule has 2 aromatic rings. The number of hydrogen-bond donors (Lipinski definition) is 1. The molecule has 4 nitrogen and oxygen atoms in total. The van der Waals surface area contributed by atoms with Gasteiger partial charge in [0.15, 0.2) is 0 Å². The van der Waals surface area contributed by atoms with Gasteiger partial charge in [-0.3, -0.25) is 9.59 Å². The number of carbonyl (C=O) groups is 2. The van der Waals surface area contributed by atoms with E-state index in [1.165, 1.54) is 0 Å². The van der Waals surface area contributed by atoms with E-state index in [1.807, 2.05) is 54.6 Å². The number of carbonyl (C=O) groups excluding carboxylic acids is 2. The third-order valence-electron chi connectivity index (χ3n) is 3.80. The van der Waals surface area contributed by atoms with Gasteiger partial charge in [0.1, 0.15) is 0 Å². The van der Waals surface area contributed by atoms with Gasteiger partial charge in [0.25, 0.3) is 5.91 Å². The number of hydrogen-bond acceptors (Lipinski definition) is 2. The molecule has 2 amide bonds. The molecule has 1 unspecified atom stereocenters. The summed E-state index contributed by atoms with van der Waals surface area (Å²) in [6.07, 6.45) is 0.129. The molecule has 3 rings (SSSR count). The van der Waals surface area contributed by atoms with Gasteiger partial charge in [-0.05, 0) is 17.2 Å². The van der Waals surface area contributed by atoms with E-state index < -0.39 is 5.91 Å². The zero-order valence-corrected chi connectivity index (χ0v) is 11.5. The molecule has 0 radical (unpaired) electrons. The Morgan fingerprint density at radius 2 is 1.76 bits per heavy atom. The van der Waals surface area contributed by atoms with Crippen LogP contribution in [0.25, 0.3) is 0 Å². The third-order valence-corrected chi connectivity index (χ3v) is 3.80. The molecule has 0 saturated carbocycles. The van der Waals surface area contributed by atoms with Crippen molar-refractivity contribution in [2.24, 2.45) is 5.73 Å². The summed E-state index contributed by atoms with van der Waals surface area (Å²) >= 11 is 0. The van der Waals surface area contributed by atoms with E-state index >= 15 is 0 Å². The summed E-state index contributed by atoms with van der Waals surface area (Å²) in [4.78, 5) is 25.7. The second-order valence-corrected chi connectivity index (χ2v) is 5.19. The van der Waals surface area contributed by atoms with E-state index in [0.717, 1.165) is 11.1 Å². The van der Waals surface area contributed by atoms with E-state index in [0.29, 0.717) is 12.1 Å². The molecule has 1 atom stereocenters. The Bertz CT molecular complexity index is 682. The average Bonchev–Trinajstić information content (AvgIpc) is 2.83. The molecule has 2 aromatic carbocycles. The first kappa shape index (κ1) is 13.4. The topological polar surface area (TPSA) is 63.4 Å². The van der Waals surface area contributed by atoms with E-state index in [2.05, 4.69) is 0 Å². The van der Waals surface area contributed by atoms with E-state index in [4.69, 9.17) is 5.73 Å². The SMILES string of the molecule is NC(=O)CC(c1ccccc1)N1Cc2ccccc2C1=O. The van der Waals surface area contributed by atoms with Gasteiger partial charge in [0.05, 0.1) is 12.5 Å². The summed E-state index contributed by atoms with van der Waals surface area (Å²) in [6, 6.07) is 16.8. The Morgan fingerprint density at radius 3 is 2.43 bits per heavy atom. The minimum Gasteiger partial charge on any atom is -0.370 e. The molecule has 0 aromatic heterocycles. The van der Waals surface area contributed by atoms with Crippen LogP contribution in [0.2, 0.25) is 0 Å². The van der Waals surface area contributed by atoms with Crippen LogP contribution in [0.15, 0.2) is 54.6 Å². The highest BCUT2D eigenvalue weighted by atomic mass is 16.2. The molecule has 2 N–H and O–H groups in total. The summed E-state index contributed by atoms with van der Waals surface area (Å²) in [7, 11) is 0. The first-order valence-corrected chi connectivity index (χ1v) is 6.89. The van der Waals surface area contributed by atoms with E-state index in [9.17, 15) is 9.59 Å². The fraction of sp³-hybridized carbons (Fsp3) is 0.176. The first-order chi connectivity index (χ1) is 10.2. The maximum Gasteiger partial charge on any atom is 0.255 e. The molecule has 0 aliphatic carbocycles. The number of fused-ring (bicyclic) bond motifs is 1. The Labute approximate surface area is 123 Å². The fourth-order valence-electron chi connectivity index (χ4n) is 2.80. The van der Waals surface area contributed by atoms with Crippen LogP contribution in [0.1, 0.15) is 33.9 Å². The van der Waals surface area contributed by atoms with Crippen LogP contribution >= 0.6 is 0 Å². The molecule has 1 aliphatic heterocycles. The lowest BCUT2D eigenvalue weighted by atomic mass is 10.0. The molecule has 21 heavy (non-hydrogen) atoms. The molecular formula is C17H16N2O2. The van der Waals surface area contributed by atoms with Crippen LogP contribution in [-0.4, -0.2) is 16.7 Å². The summed E-state index contributed by atoms with van der Waals surface area (Å²) in [6.45, 7) is 0.516. The molecular weight excluding hydrogens is 264 g/mol. The highest BCUT2D eigenvalue weighted by Gasteiger charge is 2.33. The van der Waals surface area contributed by atoms with Crippen LogP contribution in [0.5, 0.6) is 0 Å². The summed E-state index contributed by atoms with van der Waals surface area (Å²) in [5.41, 5.74) is 8.00. The van der Waals surface area contributed by atoms with Crippen LogP contribution in [0, 0.1) is 0 Å². The molecule has 0 bridgehead atoms. The Balaban J connectivity index is 1.96. The molecule has 106 valence electrons. The molecule has 1 aliphatic rings. The van der Waals surface area contributed by atoms with Gasteiger partial charge < -0.3 is 10.6 Å². The van der Waals surface area contributed by atoms with Gasteiger partial charge in [-0.1, -0.05) is 48.5 Å². The Morgan fingerprint density at radius 1 is 1.10 bits per heavy atom. The van der Waals surface area contributed by atoms with Gasteiger partial charge in [0, 0.05) is 12.1 Å². The lowest BCUT2D eigenvalue weighted by molar-refractivity contribution is -0.119. The molecule has 0 spiro atoms. The lowest BCUT2D eigenvalue weighted by Crippen LogP contribution is -2.32. The van der Waals surface area contributed by atoms with Crippen molar-refractivity contribution in [3.63, 3.8) is 0 Å². The number of benzene rings is 2. The second-order valence-electron chi connectivity index (χ2n) is 5.19. The zero-order chi connectivity index (χ0) is 14.8. The molecule has 0 saturated heterocycles. The van der Waals surface area contributed by atoms with E-state index in [-0.39, 0.29) is 18.4 Å². The second kappa shape index (κ2) is 5.40. The highest BCUT2D eigenvalue weighted by Crippen LogP contribution is 2.33. The lowest BCUT2D eigenvalue weighted by Gasteiger charge is -2.27. The summed E-state index contributed by atoms with van der Waals surface area (Å²) < 4.78 is 0. The number of nitrogens with two attached hydrogens (primary N) is 1. The van der Waals surface area contributed by atoms with E-state index in [1.54, 1.807) is 4.90 Å². The van der Waals surface area contributed by atoms with Gasteiger partial charge in [0.2, 0.25) is 5.91 Å². The van der Waals surface area contributed by atoms with Crippen molar-refractivity contribution < 1.29 is 9.59 Å². The smallest absolute Gasteiger partial charge is 0.255 e. The fourth-order valence-corrected chi connectivity index (χ4v) is 2.80. The van der Waals surface area contributed by atoms with Crippen molar-refractivity contribution in [2.45, 2.75) is 19.0 Å². The van der Waals surface area contributed by atoms with Crippen molar-refractivity contribution in [1.82, 2.24) is 4.90 Å². The predicted octanol–water partition coefficient (Wildman–Crippen LogP) is 2.26.